The van der Waals surface area contributed by atoms with Crippen LogP contribution in [0.2, 0.25) is 0 Å². The van der Waals surface area contributed by atoms with E-state index in [4.69, 9.17) is 5.73 Å². The molecule has 1 aromatic carbocycles. The Morgan fingerprint density at radius 1 is 1.38 bits per heavy atom. The second kappa shape index (κ2) is 4.00. The summed E-state index contributed by atoms with van der Waals surface area (Å²) in [5.41, 5.74) is 9.66. The van der Waals surface area contributed by atoms with Crippen LogP contribution in [-0.4, -0.2) is 6.04 Å². The maximum Gasteiger partial charge on any atom is 0.0576 e. The smallest absolute Gasteiger partial charge is 0.0576 e. The first kappa shape index (κ1) is 11.3. The van der Waals surface area contributed by atoms with Crippen LogP contribution >= 0.6 is 0 Å². The van der Waals surface area contributed by atoms with Gasteiger partial charge in [-0.05, 0) is 49.3 Å². The number of aryl methyl sites for hydroxylation is 1. The first-order chi connectivity index (χ1) is 7.46. The van der Waals surface area contributed by atoms with E-state index < -0.39 is 0 Å². The zero-order valence-corrected chi connectivity index (χ0v) is 10.5. The number of anilines is 2. The van der Waals surface area contributed by atoms with Crippen molar-refractivity contribution < 1.29 is 0 Å². The van der Waals surface area contributed by atoms with E-state index in [1.54, 1.807) is 0 Å². The van der Waals surface area contributed by atoms with Crippen molar-refractivity contribution >= 4 is 11.4 Å². The van der Waals surface area contributed by atoms with Gasteiger partial charge in [-0.2, -0.15) is 0 Å². The summed E-state index contributed by atoms with van der Waals surface area (Å²) < 4.78 is 0. The van der Waals surface area contributed by atoms with Gasteiger partial charge in [0.1, 0.15) is 0 Å². The molecule has 1 unspecified atom stereocenters. The zero-order chi connectivity index (χ0) is 11.8. The Morgan fingerprint density at radius 3 is 2.69 bits per heavy atom. The molecule has 88 valence electrons. The van der Waals surface area contributed by atoms with Crippen molar-refractivity contribution in [3.05, 3.63) is 23.8 Å². The first-order valence-electron chi connectivity index (χ1n) is 6.09. The van der Waals surface area contributed by atoms with Gasteiger partial charge in [0.05, 0.1) is 11.4 Å². The van der Waals surface area contributed by atoms with Crippen molar-refractivity contribution in [2.75, 3.05) is 11.1 Å². The summed E-state index contributed by atoms with van der Waals surface area (Å²) in [7, 11) is 0. The maximum absolute atomic E-state index is 6.00. The van der Waals surface area contributed by atoms with Crippen LogP contribution in [0, 0.1) is 12.3 Å². The maximum atomic E-state index is 6.00. The molecular weight excluding hydrogens is 196 g/mol. The molecule has 1 atom stereocenters. The SMILES string of the molecule is Cc1ccc(NC2CCC(C)(C)C2)c(N)c1. The molecule has 16 heavy (non-hydrogen) atoms. The molecule has 2 heteroatoms. The summed E-state index contributed by atoms with van der Waals surface area (Å²) in [5.74, 6) is 0. The van der Waals surface area contributed by atoms with E-state index >= 15 is 0 Å². The number of hydrogen-bond donors (Lipinski definition) is 2. The van der Waals surface area contributed by atoms with Crippen LogP contribution in [0.1, 0.15) is 38.7 Å². The largest absolute Gasteiger partial charge is 0.397 e. The number of rotatable bonds is 2. The van der Waals surface area contributed by atoms with Crippen molar-refractivity contribution in [2.24, 2.45) is 5.41 Å². The van der Waals surface area contributed by atoms with Gasteiger partial charge in [-0.25, -0.2) is 0 Å². The molecule has 0 radical (unpaired) electrons. The molecular formula is C14H22N2. The molecule has 1 aromatic rings. The number of nitrogen functional groups attached to an aromatic ring is 1. The van der Waals surface area contributed by atoms with Gasteiger partial charge in [0.2, 0.25) is 0 Å². The van der Waals surface area contributed by atoms with E-state index in [2.05, 4.69) is 38.2 Å². The molecule has 0 aliphatic heterocycles. The second-order valence-electron chi connectivity index (χ2n) is 5.84. The van der Waals surface area contributed by atoms with Gasteiger partial charge in [0, 0.05) is 6.04 Å². The van der Waals surface area contributed by atoms with Gasteiger partial charge in [-0.1, -0.05) is 19.9 Å². The van der Waals surface area contributed by atoms with Crippen molar-refractivity contribution in [3.8, 4) is 0 Å². The Morgan fingerprint density at radius 2 is 2.12 bits per heavy atom. The molecule has 1 aliphatic rings. The lowest BCUT2D eigenvalue weighted by atomic mass is 9.92. The molecule has 1 aliphatic carbocycles. The zero-order valence-electron chi connectivity index (χ0n) is 10.5. The number of nitrogens with one attached hydrogen (secondary N) is 1. The Kier molecular flexibility index (Phi) is 2.83. The molecule has 2 rings (SSSR count). The van der Waals surface area contributed by atoms with Gasteiger partial charge in [0.15, 0.2) is 0 Å². The highest BCUT2D eigenvalue weighted by Crippen LogP contribution is 2.38. The molecule has 0 heterocycles. The molecule has 0 bridgehead atoms. The van der Waals surface area contributed by atoms with E-state index in [0.717, 1.165) is 11.4 Å². The number of hydrogen-bond acceptors (Lipinski definition) is 2. The summed E-state index contributed by atoms with van der Waals surface area (Å²) in [6.45, 7) is 6.75. The van der Waals surface area contributed by atoms with E-state index in [1.807, 2.05) is 6.07 Å². The molecule has 1 fully saturated rings. The van der Waals surface area contributed by atoms with Crippen molar-refractivity contribution in [1.29, 1.82) is 0 Å². The van der Waals surface area contributed by atoms with Gasteiger partial charge in [-0.3, -0.25) is 0 Å². The quantitative estimate of drug-likeness (QED) is 0.745. The lowest BCUT2D eigenvalue weighted by Crippen LogP contribution is -2.18. The third-order valence-electron chi connectivity index (χ3n) is 3.54. The average Bonchev–Trinajstić information content (AvgIpc) is 2.51. The molecule has 0 spiro atoms. The predicted molar refractivity (Wildman–Crippen MR) is 70.6 cm³/mol. The highest BCUT2D eigenvalue weighted by molar-refractivity contribution is 5.67. The molecule has 1 saturated carbocycles. The normalized spacial score (nSPS) is 23.3. The van der Waals surface area contributed by atoms with Gasteiger partial charge < -0.3 is 11.1 Å². The van der Waals surface area contributed by atoms with E-state index in [-0.39, 0.29) is 0 Å². The summed E-state index contributed by atoms with van der Waals surface area (Å²) in [4.78, 5) is 0. The van der Waals surface area contributed by atoms with E-state index in [9.17, 15) is 0 Å². The highest BCUT2D eigenvalue weighted by atomic mass is 14.9. The first-order valence-corrected chi connectivity index (χ1v) is 6.09. The Labute approximate surface area is 98.2 Å². The number of benzene rings is 1. The minimum Gasteiger partial charge on any atom is -0.397 e. The van der Waals surface area contributed by atoms with Crippen LogP contribution in [-0.2, 0) is 0 Å². The van der Waals surface area contributed by atoms with Crippen LogP contribution in [0.15, 0.2) is 18.2 Å². The monoisotopic (exact) mass is 218 g/mol. The van der Waals surface area contributed by atoms with Gasteiger partial charge in [0.25, 0.3) is 0 Å². The molecule has 0 aromatic heterocycles. The third-order valence-corrected chi connectivity index (χ3v) is 3.54. The lowest BCUT2D eigenvalue weighted by molar-refractivity contribution is 0.378. The van der Waals surface area contributed by atoms with E-state index in [1.165, 1.54) is 24.8 Å². The van der Waals surface area contributed by atoms with Gasteiger partial charge >= 0.3 is 0 Å². The molecule has 3 N–H and O–H groups in total. The highest BCUT2D eigenvalue weighted by Gasteiger charge is 2.30. The van der Waals surface area contributed by atoms with Crippen molar-refractivity contribution in [3.63, 3.8) is 0 Å². The fourth-order valence-electron chi connectivity index (χ4n) is 2.59. The number of nitrogens with two attached hydrogens (primary N) is 1. The molecule has 0 amide bonds. The standard InChI is InChI=1S/C14H22N2/c1-10-4-5-13(12(15)8-10)16-11-6-7-14(2,3)9-11/h4-5,8,11,16H,6-7,9,15H2,1-3H3. The lowest BCUT2D eigenvalue weighted by Gasteiger charge is -2.19. The summed E-state index contributed by atoms with van der Waals surface area (Å²) in [6, 6.07) is 6.82. The van der Waals surface area contributed by atoms with Crippen LogP contribution in [0.5, 0.6) is 0 Å². The summed E-state index contributed by atoms with van der Waals surface area (Å²) in [6.07, 6.45) is 3.79. The van der Waals surface area contributed by atoms with Crippen LogP contribution < -0.4 is 11.1 Å². The minimum atomic E-state index is 0.483. The van der Waals surface area contributed by atoms with Crippen molar-refractivity contribution in [2.45, 2.75) is 46.1 Å². The van der Waals surface area contributed by atoms with Crippen molar-refractivity contribution in [1.82, 2.24) is 0 Å². The fourth-order valence-corrected chi connectivity index (χ4v) is 2.59. The van der Waals surface area contributed by atoms with Crippen LogP contribution in [0.25, 0.3) is 0 Å². The average molecular weight is 218 g/mol. The van der Waals surface area contributed by atoms with Crippen LogP contribution in [0.4, 0.5) is 11.4 Å². The predicted octanol–water partition coefficient (Wildman–Crippen LogP) is 3.57. The Bertz CT molecular complexity index is 382. The van der Waals surface area contributed by atoms with Gasteiger partial charge in [-0.15, -0.1) is 0 Å². The Hall–Kier alpha value is -1.18. The Balaban J connectivity index is 2.05. The second-order valence-corrected chi connectivity index (χ2v) is 5.84. The fraction of sp³-hybridized carbons (Fsp3) is 0.571. The van der Waals surface area contributed by atoms with E-state index in [0.29, 0.717) is 11.5 Å². The topological polar surface area (TPSA) is 38.0 Å². The van der Waals surface area contributed by atoms with Crippen LogP contribution in [0.3, 0.4) is 0 Å². The molecule has 2 nitrogen and oxygen atoms in total. The summed E-state index contributed by atoms with van der Waals surface area (Å²) in [5, 5.41) is 3.57. The summed E-state index contributed by atoms with van der Waals surface area (Å²) >= 11 is 0. The molecule has 0 saturated heterocycles. The third kappa shape index (κ3) is 2.49. The minimum absolute atomic E-state index is 0.483.